The molecule has 0 radical (unpaired) electrons. The summed E-state index contributed by atoms with van der Waals surface area (Å²) in [6.45, 7) is 3.60. The lowest BCUT2D eigenvalue weighted by molar-refractivity contribution is 0.659. The maximum atomic E-state index is 4.54. The highest BCUT2D eigenvalue weighted by Gasteiger charge is 2.04. The van der Waals surface area contributed by atoms with E-state index in [0.29, 0.717) is 6.54 Å². The number of benzene rings is 1. The van der Waals surface area contributed by atoms with Crippen LogP contribution >= 0.6 is 27.3 Å². The molecule has 0 spiro atoms. The van der Waals surface area contributed by atoms with E-state index < -0.39 is 0 Å². The minimum atomic E-state index is 0.701. The number of aryl methyl sites for hydroxylation is 1. The molecule has 0 unspecified atom stereocenters. The Morgan fingerprint density at radius 1 is 1.32 bits per heavy atom. The van der Waals surface area contributed by atoms with Crippen molar-refractivity contribution in [3.63, 3.8) is 0 Å². The van der Waals surface area contributed by atoms with Gasteiger partial charge in [-0.1, -0.05) is 35.0 Å². The van der Waals surface area contributed by atoms with E-state index in [1.165, 1.54) is 5.01 Å². The molecular formula is C16H17BrN4S. The summed E-state index contributed by atoms with van der Waals surface area (Å²) in [6.07, 6.45) is 2.87. The smallest absolute Gasteiger partial charge is 0.120 e. The Morgan fingerprint density at radius 2 is 2.23 bits per heavy atom. The van der Waals surface area contributed by atoms with E-state index in [-0.39, 0.29) is 0 Å². The highest BCUT2D eigenvalue weighted by Crippen LogP contribution is 2.21. The summed E-state index contributed by atoms with van der Waals surface area (Å²) in [6, 6.07) is 8.18. The molecule has 1 aromatic carbocycles. The van der Waals surface area contributed by atoms with Crippen molar-refractivity contribution in [1.82, 2.24) is 20.3 Å². The number of hydrogen-bond acceptors (Lipinski definition) is 4. The zero-order valence-corrected chi connectivity index (χ0v) is 14.7. The van der Waals surface area contributed by atoms with Gasteiger partial charge in [0.25, 0.3) is 0 Å². The second-order valence-corrected chi connectivity index (χ2v) is 6.80. The van der Waals surface area contributed by atoms with Crippen LogP contribution in [0.3, 0.4) is 0 Å². The number of rotatable bonds is 6. The largest absolute Gasteiger partial charge is 0.341 e. The van der Waals surface area contributed by atoms with Gasteiger partial charge in [-0.3, -0.25) is 0 Å². The van der Waals surface area contributed by atoms with Gasteiger partial charge < -0.3 is 10.3 Å². The second-order valence-electron chi connectivity index (χ2n) is 4.94. The standard InChI is InChI=1S/C16H17BrN4S/c1-2-16-20-13(10-22-16)7-18-9-15-19-8-14(21-15)11-4-3-5-12(17)6-11/h3-6,8,10,18H,2,7,9H2,1H3,(H,19,21). The molecule has 114 valence electrons. The van der Waals surface area contributed by atoms with Crippen molar-refractivity contribution in [3.05, 3.63) is 56.8 Å². The Kier molecular flexibility index (Phi) is 5.02. The van der Waals surface area contributed by atoms with Gasteiger partial charge in [0.2, 0.25) is 0 Å². The van der Waals surface area contributed by atoms with Crippen molar-refractivity contribution in [1.29, 1.82) is 0 Å². The molecule has 6 heteroatoms. The van der Waals surface area contributed by atoms with Crippen molar-refractivity contribution in [2.45, 2.75) is 26.4 Å². The van der Waals surface area contributed by atoms with Crippen LogP contribution in [0.2, 0.25) is 0 Å². The first kappa shape index (κ1) is 15.4. The molecule has 0 saturated heterocycles. The molecule has 2 N–H and O–H groups in total. The predicted octanol–water partition coefficient (Wildman–Crippen LogP) is 4.15. The zero-order valence-electron chi connectivity index (χ0n) is 12.3. The van der Waals surface area contributed by atoms with Gasteiger partial charge in [0.15, 0.2) is 0 Å². The van der Waals surface area contributed by atoms with Crippen molar-refractivity contribution in [2.24, 2.45) is 0 Å². The minimum Gasteiger partial charge on any atom is -0.341 e. The quantitative estimate of drug-likeness (QED) is 0.679. The van der Waals surface area contributed by atoms with Gasteiger partial charge >= 0.3 is 0 Å². The highest BCUT2D eigenvalue weighted by molar-refractivity contribution is 9.10. The Labute approximate surface area is 142 Å². The van der Waals surface area contributed by atoms with Crippen molar-refractivity contribution in [3.8, 4) is 11.3 Å². The molecule has 0 saturated carbocycles. The molecule has 0 amide bonds. The maximum absolute atomic E-state index is 4.54. The van der Waals surface area contributed by atoms with Crippen LogP contribution in [0.25, 0.3) is 11.3 Å². The van der Waals surface area contributed by atoms with E-state index in [2.05, 4.69) is 60.6 Å². The Hall–Kier alpha value is -1.50. The number of thiazole rings is 1. The van der Waals surface area contributed by atoms with Crippen molar-refractivity contribution in [2.75, 3.05) is 0 Å². The molecule has 4 nitrogen and oxygen atoms in total. The molecule has 0 aliphatic rings. The summed E-state index contributed by atoms with van der Waals surface area (Å²) in [5.74, 6) is 0.931. The third-order valence-electron chi connectivity index (χ3n) is 3.26. The maximum Gasteiger partial charge on any atom is 0.120 e. The molecule has 2 heterocycles. The lowest BCUT2D eigenvalue weighted by Gasteiger charge is -2.00. The second kappa shape index (κ2) is 7.17. The number of nitrogens with zero attached hydrogens (tertiary/aromatic N) is 2. The zero-order chi connectivity index (χ0) is 15.4. The molecule has 0 aliphatic heterocycles. The minimum absolute atomic E-state index is 0.701. The van der Waals surface area contributed by atoms with E-state index in [0.717, 1.165) is 40.2 Å². The monoisotopic (exact) mass is 376 g/mol. The summed E-state index contributed by atoms with van der Waals surface area (Å²) >= 11 is 5.21. The molecule has 0 bridgehead atoms. The lowest BCUT2D eigenvalue weighted by atomic mass is 10.2. The topological polar surface area (TPSA) is 53.6 Å². The average molecular weight is 377 g/mol. The van der Waals surface area contributed by atoms with E-state index >= 15 is 0 Å². The number of hydrogen-bond donors (Lipinski definition) is 2. The van der Waals surface area contributed by atoms with Crippen LogP contribution in [-0.4, -0.2) is 15.0 Å². The number of halogens is 1. The van der Waals surface area contributed by atoms with Crippen molar-refractivity contribution < 1.29 is 0 Å². The first-order chi connectivity index (χ1) is 10.7. The molecule has 3 aromatic rings. The van der Waals surface area contributed by atoms with Crippen LogP contribution in [-0.2, 0) is 19.5 Å². The summed E-state index contributed by atoms with van der Waals surface area (Å²) in [5.41, 5.74) is 3.25. The number of imidazole rings is 1. The molecule has 0 atom stereocenters. The fraction of sp³-hybridized carbons (Fsp3) is 0.250. The van der Waals surface area contributed by atoms with Gasteiger partial charge in [-0.05, 0) is 18.6 Å². The van der Waals surface area contributed by atoms with Gasteiger partial charge in [0, 0.05) is 22.0 Å². The summed E-state index contributed by atoms with van der Waals surface area (Å²) in [4.78, 5) is 12.3. The highest BCUT2D eigenvalue weighted by atomic mass is 79.9. The van der Waals surface area contributed by atoms with Crippen LogP contribution in [0.15, 0.2) is 40.3 Å². The van der Waals surface area contributed by atoms with E-state index in [4.69, 9.17) is 0 Å². The molecule has 2 aromatic heterocycles. The number of aromatic amines is 1. The van der Waals surface area contributed by atoms with E-state index in [9.17, 15) is 0 Å². The summed E-state index contributed by atoms with van der Waals surface area (Å²) < 4.78 is 1.06. The molecule has 0 fully saturated rings. The van der Waals surface area contributed by atoms with Crippen molar-refractivity contribution >= 4 is 27.3 Å². The SMILES string of the molecule is CCc1nc(CNCc2ncc(-c3cccc(Br)c3)[nH]2)cs1. The predicted molar refractivity (Wildman–Crippen MR) is 93.8 cm³/mol. The van der Waals surface area contributed by atoms with Crippen LogP contribution in [0, 0.1) is 0 Å². The van der Waals surface area contributed by atoms with Crippen LogP contribution in [0.1, 0.15) is 23.4 Å². The molecule has 3 rings (SSSR count). The normalized spacial score (nSPS) is 11.0. The summed E-state index contributed by atoms with van der Waals surface area (Å²) in [7, 11) is 0. The van der Waals surface area contributed by atoms with E-state index in [1.807, 2.05) is 18.3 Å². The van der Waals surface area contributed by atoms with Gasteiger partial charge in [-0.15, -0.1) is 11.3 Å². The average Bonchev–Trinajstić information content (AvgIpc) is 3.16. The van der Waals surface area contributed by atoms with Crippen LogP contribution < -0.4 is 5.32 Å². The van der Waals surface area contributed by atoms with Gasteiger partial charge in [-0.2, -0.15) is 0 Å². The van der Waals surface area contributed by atoms with Gasteiger partial charge in [0.05, 0.1) is 29.1 Å². The summed E-state index contributed by atoms with van der Waals surface area (Å²) in [5, 5.41) is 6.67. The fourth-order valence-corrected chi connectivity index (χ4v) is 3.30. The van der Waals surface area contributed by atoms with Crippen LogP contribution in [0.5, 0.6) is 0 Å². The molecule has 22 heavy (non-hydrogen) atoms. The lowest BCUT2D eigenvalue weighted by Crippen LogP contribution is -2.14. The fourth-order valence-electron chi connectivity index (χ4n) is 2.16. The van der Waals surface area contributed by atoms with Gasteiger partial charge in [-0.25, -0.2) is 9.97 Å². The number of H-pyrrole nitrogens is 1. The third-order valence-corrected chi connectivity index (χ3v) is 4.80. The van der Waals surface area contributed by atoms with E-state index in [1.54, 1.807) is 11.3 Å². The molecule has 0 aliphatic carbocycles. The number of nitrogens with one attached hydrogen (secondary N) is 2. The first-order valence-corrected chi connectivity index (χ1v) is 8.85. The number of aromatic nitrogens is 3. The Morgan fingerprint density at radius 3 is 3.00 bits per heavy atom. The Balaban J connectivity index is 1.57. The van der Waals surface area contributed by atoms with Crippen LogP contribution in [0.4, 0.5) is 0 Å². The Bertz CT molecular complexity index is 750. The van der Waals surface area contributed by atoms with Gasteiger partial charge in [0.1, 0.15) is 5.82 Å². The molecular weight excluding hydrogens is 360 g/mol. The third kappa shape index (κ3) is 3.82. The first-order valence-electron chi connectivity index (χ1n) is 7.18.